The van der Waals surface area contributed by atoms with Gasteiger partial charge < -0.3 is 24.3 Å². The minimum atomic E-state index is -0.511. The molecule has 1 aliphatic carbocycles. The van der Waals surface area contributed by atoms with Crippen molar-refractivity contribution in [1.82, 2.24) is 5.32 Å². The summed E-state index contributed by atoms with van der Waals surface area (Å²) in [5.41, 5.74) is 3.03. The molecule has 0 fully saturated rings. The largest absolute Gasteiger partial charge is 0.493 e. The molecule has 1 aliphatic rings. The van der Waals surface area contributed by atoms with E-state index in [1.807, 2.05) is 18.2 Å². The fourth-order valence-electron chi connectivity index (χ4n) is 3.74. The molecule has 1 N–H and O–H groups in total. The number of amides is 1. The Hall–Kier alpha value is -3.22. The van der Waals surface area contributed by atoms with E-state index in [-0.39, 0.29) is 25.0 Å². The van der Waals surface area contributed by atoms with Crippen LogP contribution in [0, 0.1) is 0 Å². The van der Waals surface area contributed by atoms with Gasteiger partial charge in [-0.2, -0.15) is 0 Å². The highest BCUT2D eigenvalue weighted by Crippen LogP contribution is 2.38. The fraction of sp³-hybridized carbons (Fsp3) is 0.391. The maximum absolute atomic E-state index is 12.3. The third-order valence-electron chi connectivity index (χ3n) is 5.14. The van der Waals surface area contributed by atoms with Crippen molar-refractivity contribution < 1.29 is 28.5 Å². The van der Waals surface area contributed by atoms with E-state index in [9.17, 15) is 9.59 Å². The molecule has 160 valence electrons. The van der Waals surface area contributed by atoms with Crippen molar-refractivity contribution in [2.75, 3.05) is 27.9 Å². The van der Waals surface area contributed by atoms with E-state index in [1.165, 1.54) is 26.9 Å². The number of esters is 1. The second kappa shape index (κ2) is 10.0. The Labute approximate surface area is 176 Å². The molecular formula is C23H27NO6. The number of fused-ring (bicyclic) bond motifs is 1. The van der Waals surface area contributed by atoms with Crippen molar-refractivity contribution in [2.45, 2.75) is 31.7 Å². The summed E-state index contributed by atoms with van der Waals surface area (Å²) in [5, 5.41) is 2.97. The van der Waals surface area contributed by atoms with Gasteiger partial charge in [-0.25, -0.2) is 0 Å². The second-order valence-electron chi connectivity index (χ2n) is 7.08. The summed E-state index contributed by atoms with van der Waals surface area (Å²) in [5.74, 6) is 0.532. The second-order valence-corrected chi connectivity index (χ2v) is 7.08. The van der Waals surface area contributed by atoms with E-state index in [1.54, 1.807) is 12.1 Å². The van der Waals surface area contributed by atoms with Crippen LogP contribution in [0.2, 0.25) is 0 Å². The normalized spacial score (nSPS) is 15.0. The van der Waals surface area contributed by atoms with Gasteiger partial charge in [0.15, 0.2) is 18.1 Å². The zero-order valence-electron chi connectivity index (χ0n) is 17.5. The number of carbonyl (C=O) groups is 2. The summed E-state index contributed by atoms with van der Waals surface area (Å²) in [7, 11) is 4.53. The monoisotopic (exact) mass is 413 g/mol. The molecular weight excluding hydrogens is 386 g/mol. The van der Waals surface area contributed by atoms with Crippen LogP contribution < -0.4 is 19.5 Å². The van der Waals surface area contributed by atoms with Crippen LogP contribution in [0.15, 0.2) is 36.4 Å². The molecule has 1 atom stereocenters. The molecule has 0 saturated carbocycles. The Kier molecular flexibility index (Phi) is 7.17. The lowest BCUT2D eigenvalue weighted by molar-refractivity contribution is -0.148. The number of ether oxygens (including phenoxy) is 4. The molecule has 7 heteroatoms. The number of hydrogen-bond donors (Lipinski definition) is 1. The number of nitrogens with one attached hydrogen (secondary N) is 1. The first-order valence-corrected chi connectivity index (χ1v) is 9.87. The molecule has 0 heterocycles. The number of benzene rings is 2. The molecule has 1 amide bonds. The van der Waals surface area contributed by atoms with Crippen LogP contribution in [-0.2, 0) is 27.2 Å². The molecule has 0 unspecified atom stereocenters. The predicted molar refractivity (Wildman–Crippen MR) is 111 cm³/mol. The van der Waals surface area contributed by atoms with E-state index in [0.717, 1.165) is 24.8 Å². The van der Waals surface area contributed by atoms with Crippen molar-refractivity contribution in [3.63, 3.8) is 0 Å². The molecule has 0 spiro atoms. The fourth-order valence-corrected chi connectivity index (χ4v) is 3.74. The average molecular weight is 413 g/mol. The molecule has 0 radical (unpaired) electrons. The SMILES string of the molecule is COc1cc(CC(=O)OCC(=O)N[C@H]2CCCc3ccccc32)cc(OC)c1OC. The zero-order valence-corrected chi connectivity index (χ0v) is 17.5. The highest BCUT2D eigenvalue weighted by atomic mass is 16.5. The van der Waals surface area contributed by atoms with Crippen LogP contribution in [0.4, 0.5) is 0 Å². The molecule has 30 heavy (non-hydrogen) atoms. The van der Waals surface area contributed by atoms with Crippen LogP contribution in [0.1, 0.15) is 35.6 Å². The number of aryl methyl sites for hydroxylation is 1. The van der Waals surface area contributed by atoms with E-state index < -0.39 is 5.97 Å². The van der Waals surface area contributed by atoms with Crippen LogP contribution in [0.5, 0.6) is 17.2 Å². The molecule has 0 aromatic heterocycles. The van der Waals surface area contributed by atoms with Gasteiger partial charge in [0.1, 0.15) is 0 Å². The van der Waals surface area contributed by atoms with Gasteiger partial charge in [-0.05, 0) is 48.1 Å². The lowest BCUT2D eigenvalue weighted by atomic mass is 9.88. The Bertz CT molecular complexity index is 885. The summed E-state index contributed by atoms with van der Waals surface area (Å²) < 4.78 is 21.0. The van der Waals surface area contributed by atoms with Gasteiger partial charge in [0, 0.05) is 0 Å². The molecule has 3 rings (SSSR count). The third kappa shape index (κ3) is 5.03. The predicted octanol–water partition coefficient (Wildman–Crippen LogP) is 2.99. The lowest BCUT2D eigenvalue weighted by Gasteiger charge is -2.26. The molecule has 0 saturated heterocycles. The summed E-state index contributed by atoms with van der Waals surface area (Å²) >= 11 is 0. The van der Waals surface area contributed by atoms with Crippen molar-refractivity contribution in [3.05, 3.63) is 53.1 Å². The average Bonchev–Trinajstić information content (AvgIpc) is 2.77. The first-order valence-electron chi connectivity index (χ1n) is 9.87. The van der Waals surface area contributed by atoms with Gasteiger partial charge in [0.05, 0.1) is 33.8 Å². The number of rotatable bonds is 8. The van der Waals surface area contributed by atoms with Crippen molar-refractivity contribution in [1.29, 1.82) is 0 Å². The minimum absolute atomic E-state index is 0.0176. The van der Waals surface area contributed by atoms with E-state index in [4.69, 9.17) is 18.9 Å². The minimum Gasteiger partial charge on any atom is -0.493 e. The van der Waals surface area contributed by atoms with Crippen LogP contribution in [0.25, 0.3) is 0 Å². The third-order valence-corrected chi connectivity index (χ3v) is 5.14. The summed E-state index contributed by atoms with van der Waals surface area (Å²) in [6.07, 6.45) is 2.90. The van der Waals surface area contributed by atoms with Gasteiger partial charge in [-0.1, -0.05) is 24.3 Å². The summed E-state index contributed by atoms with van der Waals surface area (Å²) in [4.78, 5) is 24.6. The van der Waals surface area contributed by atoms with Gasteiger partial charge >= 0.3 is 5.97 Å². The van der Waals surface area contributed by atoms with Crippen LogP contribution in [0.3, 0.4) is 0 Å². The van der Waals surface area contributed by atoms with Crippen molar-refractivity contribution in [2.24, 2.45) is 0 Å². The Morgan fingerprint density at radius 2 is 1.73 bits per heavy atom. The molecule has 7 nitrogen and oxygen atoms in total. The molecule has 2 aromatic carbocycles. The Morgan fingerprint density at radius 3 is 2.40 bits per heavy atom. The first-order chi connectivity index (χ1) is 14.5. The number of methoxy groups -OCH3 is 3. The summed E-state index contributed by atoms with van der Waals surface area (Å²) in [6.45, 7) is -0.318. The quantitative estimate of drug-likeness (QED) is 0.670. The number of carbonyl (C=O) groups excluding carboxylic acids is 2. The lowest BCUT2D eigenvalue weighted by Crippen LogP contribution is -2.34. The van der Waals surface area contributed by atoms with Gasteiger partial charge in [0.25, 0.3) is 5.91 Å². The van der Waals surface area contributed by atoms with Crippen LogP contribution in [-0.4, -0.2) is 39.8 Å². The standard InChI is InChI=1S/C23H27NO6/c1-27-19-11-15(12-20(28-2)23(19)29-3)13-22(26)30-14-21(25)24-18-10-6-8-16-7-4-5-9-17(16)18/h4-5,7,9,11-12,18H,6,8,10,13-14H2,1-3H3,(H,24,25)/t18-/m0/s1. The van der Waals surface area contributed by atoms with E-state index >= 15 is 0 Å². The maximum Gasteiger partial charge on any atom is 0.310 e. The van der Waals surface area contributed by atoms with Gasteiger partial charge in [-0.15, -0.1) is 0 Å². The van der Waals surface area contributed by atoms with Crippen molar-refractivity contribution in [3.8, 4) is 17.2 Å². The maximum atomic E-state index is 12.3. The molecule has 0 bridgehead atoms. The Morgan fingerprint density at radius 1 is 1.03 bits per heavy atom. The van der Waals surface area contributed by atoms with E-state index in [2.05, 4.69) is 11.4 Å². The van der Waals surface area contributed by atoms with Crippen LogP contribution >= 0.6 is 0 Å². The number of hydrogen-bond acceptors (Lipinski definition) is 6. The van der Waals surface area contributed by atoms with E-state index in [0.29, 0.717) is 22.8 Å². The Balaban J connectivity index is 1.56. The topological polar surface area (TPSA) is 83.1 Å². The van der Waals surface area contributed by atoms with Gasteiger partial charge in [0.2, 0.25) is 5.75 Å². The molecule has 0 aliphatic heterocycles. The zero-order chi connectivity index (χ0) is 21.5. The van der Waals surface area contributed by atoms with Crippen molar-refractivity contribution >= 4 is 11.9 Å². The summed E-state index contributed by atoms with van der Waals surface area (Å²) in [6, 6.07) is 11.4. The molecule has 2 aromatic rings. The highest BCUT2D eigenvalue weighted by Gasteiger charge is 2.22. The first kappa shape index (κ1) is 21.5. The smallest absolute Gasteiger partial charge is 0.310 e. The van der Waals surface area contributed by atoms with Gasteiger partial charge in [-0.3, -0.25) is 9.59 Å². The highest BCUT2D eigenvalue weighted by molar-refractivity contribution is 5.81.